The fourth-order valence-electron chi connectivity index (χ4n) is 2.38. The summed E-state index contributed by atoms with van der Waals surface area (Å²) in [5, 5.41) is 2.66. The minimum Gasteiger partial charge on any atom is -0.444 e. The maximum absolute atomic E-state index is 12.1. The van der Waals surface area contributed by atoms with E-state index in [0.717, 1.165) is 5.69 Å². The van der Waals surface area contributed by atoms with Gasteiger partial charge in [0.25, 0.3) is 0 Å². The van der Waals surface area contributed by atoms with Gasteiger partial charge in [-0.15, -0.1) is 0 Å². The molecule has 7 heteroatoms. The van der Waals surface area contributed by atoms with E-state index in [4.69, 9.17) is 4.74 Å². The van der Waals surface area contributed by atoms with E-state index in [1.807, 2.05) is 0 Å². The summed E-state index contributed by atoms with van der Waals surface area (Å²) in [6, 6.07) is 6.98. The first kappa shape index (κ1) is 18.3. The number of amides is 2. The molecular formula is C17H22N2O4S. The summed E-state index contributed by atoms with van der Waals surface area (Å²) in [5.74, 6) is 0.00148. The average molecular weight is 350 g/mol. The predicted octanol–water partition coefficient (Wildman–Crippen LogP) is 3.42. The molecule has 1 heterocycles. The monoisotopic (exact) mass is 350 g/mol. The van der Waals surface area contributed by atoms with Crippen molar-refractivity contribution in [1.29, 1.82) is 0 Å². The third-order valence-corrected chi connectivity index (χ3v) is 4.23. The number of ether oxygens (including phenoxy) is 1. The molecule has 0 aliphatic carbocycles. The standard InChI is InChI=1S/C17H22N2O4S/c1-11(20)24-14-9-15(21)19(10-14)13-7-5-12(6-8-13)18-16(22)23-17(2,3)4/h5-8,14H,9-10H2,1-4H3,(H,18,22). The van der Waals surface area contributed by atoms with Crippen molar-refractivity contribution < 1.29 is 19.1 Å². The van der Waals surface area contributed by atoms with E-state index in [0.29, 0.717) is 18.7 Å². The van der Waals surface area contributed by atoms with Crippen molar-refractivity contribution in [3.05, 3.63) is 24.3 Å². The number of nitrogens with one attached hydrogen (secondary N) is 1. The number of anilines is 2. The van der Waals surface area contributed by atoms with Gasteiger partial charge in [-0.2, -0.15) is 0 Å². The van der Waals surface area contributed by atoms with Crippen molar-refractivity contribution in [1.82, 2.24) is 0 Å². The van der Waals surface area contributed by atoms with E-state index < -0.39 is 11.7 Å². The van der Waals surface area contributed by atoms with Crippen LogP contribution in [0.3, 0.4) is 0 Å². The number of thioether (sulfide) groups is 1. The summed E-state index contributed by atoms with van der Waals surface area (Å²) in [4.78, 5) is 36.7. The van der Waals surface area contributed by atoms with Gasteiger partial charge in [-0.1, -0.05) is 11.8 Å². The zero-order valence-corrected chi connectivity index (χ0v) is 15.1. The number of benzene rings is 1. The average Bonchev–Trinajstić information content (AvgIpc) is 2.77. The van der Waals surface area contributed by atoms with Gasteiger partial charge in [0.1, 0.15) is 5.60 Å². The van der Waals surface area contributed by atoms with Crippen LogP contribution in [0.4, 0.5) is 16.2 Å². The predicted molar refractivity (Wildman–Crippen MR) is 95.3 cm³/mol. The molecule has 1 unspecified atom stereocenters. The first-order valence-corrected chi connectivity index (χ1v) is 8.59. The van der Waals surface area contributed by atoms with E-state index in [-0.39, 0.29) is 16.3 Å². The molecule has 1 aliphatic heterocycles. The molecule has 0 aromatic heterocycles. The molecule has 0 saturated carbocycles. The zero-order valence-electron chi connectivity index (χ0n) is 14.3. The molecule has 2 amide bonds. The van der Waals surface area contributed by atoms with Crippen molar-refractivity contribution in [2.24, 2.45) is 0 Å². The summed E-state index contributed by atoms with van der Waals surface area (Å²) >= 11 is 1.21. The van der Waals surface area contributed by atoms with Crippen LogP contribution in [0.1, 0.15) is 34.1 Å². The van der Waals surface area contributed by atoms with Crippen LogP contribution < -0.4 is 10.2 Å². The second kappa shape index (κ2) is 7.25. The molecule has 2 rings (SSSR count). The van der Waals surface area contributed by atoms with Crippen LogP contribution in [-0.2, 0) is 14.3 Å². The molecule has 1 aromatic carbocycles. The fourth-order valence-corrected chi connectivity index (χ4v) is 3.30. The zero-order chi connectivity index (χ0) is 17.9. The Labute approximate surface area is 145 Å². The number of nitrogens with zero attached hydrogens (tertiary/aromatic N) is 1. The molecule has 0 radical (unpaired) electrons. The van der Waals surface area contributed by atoms with Crippen molar-refractivity contribution in [2.45, 2.75) is 45.0 Å². The van der Waals surface area contributed by atoms with E-state index in [1.54, 1.807) is 49.9 Å². The Kier molecular flexibility index (Phi) is 5.54. The minimum absolute atomic E-state index is 0.00148. The molecule has 1 aromatic rings. The summed E-state index contributed by atoms with van der Waals surface area (Å²) in [6.45, 7) is 7.41. The maximum atomic E-state index is 12.1. The largest absolute Gasteiger partial charge is 0.444 e. The van der Waals surface area contributed by atoms with Gasteiger partial charge in [0.15, 0.2) is 5.12 Å². The van der Waals surface area contributed by atoms with Crippen molar-refractivity contribution in [3.63, 3.8) is 0 Å². The van der Waals surface area contributed by atoms with E-state index >= 15 is 0 Å². The highest BCUT2D eigenvalue weighted by atomic mass is 32.2. The lowest BCUT2D eigenvalue weighted by Gasteiger charge is -2.20. The Morgan fingerprint density at radius 1 is 1.25 bits per heavy atom. The van der Waals surface area contributed by atoms with Gasteiger partial charge in [0.05, 0.1) is 0 Å². The molecule has 1 fully saturated rings. The third-order valence-electron chi connectivity index (χ3n) is 3.25. The summed E-state index contributed by atoms with van der Waals surface area (Å²) in [7, 11) is 0. The van der Waals surface area contributed by atoms with Crippen LogP contribution in [0, 0.1) is 0 Å². The van der Waals surface area contributed by atoms with Crippen molar-refractivity contribution >= 4 is 40.3 Å². The molecule has 1 N–H and O–H groups in total. The molecule has 1 atom stereocenters. The molecular weight excluding hydrogens is 328 g/mol. The fraction of sp³-hybridized carbons (Fsp3) is 0.471. The van der Waals surface area contributed by atoms with Crippen LogP contribution in [0.25, 0.3) is 0 Å². The Hall–Kier alpha value is -2.02. The Morgan fingerprint density at radius 2 is 1.88 bits per heavy atom. The third kappa shape index (κ3) is 5.26. The normalized spacial score (nSPS) is 17.8. The van der Waals surface area contributed by atoms with Crippen LogP contribution in [0.2, 0.25) is 0 Å². The van der Waals surface area contributed by atoms with Crippen molar-refractivity contribution in [3.8, 4) is 0 Å². The molecule has 0 bridgehead atoms. The van der Waals surface area contributed by atoms with Crippen LogP contribution in [-0.4, -0.2) is 34.5 Å². The SMILES string of the molecule is CC(=O)SC1CC(=O)N(c2ccc(NC(=O)OC(C)(C)C)cc2)C1. The van der Waals surface area contributed by atoms with E-state index in [9.17, 15) is 14.4 Å². The topological polar surface area (TPSA) is 75.7 Å². The lowest BCUT2D eigenvalue weighted by Crippen LogP contribution is -2.27. The lowest BCUT2D eigenvalue weighted by molar-refractivity contribution is -0.117. The number of carbonyl (C=O) groups excluding carboxylic acids is 3. The number of carbonyl (C=O) groups is 3. The summed E-state index contributed by atoms with van der Waals surface area (Å²) in [6.07, 6.45) is -0.160. The van der Waals surface area contributed by atoms with Gasteiger partial charge in [-0.3, -0.25) is 14.9 Å². The highest BCUT2D eigenvalue weighted by molar-refractivity contribution is 8.14. The van der Waals surface area contributed by atoms with Gasteiger partial charge in [-0.25, -0.2) is 4.79 Å². The molecule has 130 valence electrons. The number of hydrogen-bond acceptors (Lipinski definition) is 5. The van der Waals surface area contributed by atoms with E-state index in [1.165, 1.54) is 18.7 Å². The van der Waals surface area contributed by atoms with Gasteiger partial charge in [-0.05, 0) is 45.0 Å². The van der Waals surface area contributed by atoms with E-state index in [2.05, 4.69) is 5.32 Å². The Balaban J connectivity index is 1.98. The summed E-state index contributed by atoms with van der Waals surface area (Å²) < 4.78 is 5.19. The van der Waals surface area contributed by atoms with Gasteiger partial charge < -0.3 is 9.64 Å². The first-order chi connectivity index (χ1) is 11.1. The van der Waals surface area contributed by atoms with Crippen molar-refractivity contribution in [2.75, 3.05) is 16.8 Å². The maximum Gasteiger partial charge on any atom is 0.412 e. The van der Waals surface area contributed by atoms with Gasteiger partial charge in [0.2, 0.25) is 5.91 Å². The highest BCUT2D eigenvalue weighted by Crippen LogP contribution is 2.29. The summed E-state index contributed by atoms with van der Waals surface area (Å²) in [5.41, 5.74) is 0.783. The smallest absolute Gasteiger partial charge is 0.412 e. The highest BCUT2D eigenvalue weighted by Gasteiger charge is 2.31. The Bertz CT molecular complexity index is 637. The molecule has 0 spiro atoms. The van der Waals surface area contributed by atoms with Gasteiger partial charge >= 0.3 is 6.09 Å². The second-order valence-electron chi connectivity index (χ2n) is 6.61. The lowest BCUT2D eigenvalue weighted by atomic mass is 10.2. The van der Waals surface area contributed by atoms with Crippen LogP contribution >= 0.6 is 11.8 Å². The molecule has 1 saturated heterocycles. The van der Waals surface area contributed by atoms with Crippen LogP contribution in [0.5, 0.6) is 0 Å². The van der Waals surface area contributed by atoms with Crippen LogP contribution in [0.15, 0.2) is 24.3 Å². The Morgan fingerprint density at radius 3 is 2.42 bits per heavy atom. The number of rotatable bonds is 3. The number of hydrogen-bond donors (Lipinski definition) is 1. The quantitative estimate of drug-likeness (QED) is 0.904. The molecule has 1 aliphatic rings. The first-order valence-electron chi connectivity index (χ1n) is 7.72. The minimum atomic E-state index is -0.560. The second-order valence-corrected chi connectivity index (χ2v) is 8.09. The molecule has 6 nitrogen and oxygen atoms in total. The molecule has 24 heavy (non-hydrogen) atoms. The van der Waals surface area contributed by atoms with Gasteiger partial charge in [0, 0.05) is 36.5 Å².